The van der Waals surface area contributed by atoms with Crippen LogP contribution in [0.1, 0.15) is 35.8 Å². The molecule has 0 spiro atoms. The Hall–Kier alpha value is -3.66. The number of amides is 2. The minimum absolute atomic E-state index is 0.0889. The summed E-state index contributed by atoms with van der Waals surface area (Å²) in [5.74, 6) is -2.58. The number of carbonyl (C=O) groups is 3. The molecule has 7 nitrogen and oxygen atoms in total. The van der Waals surface area contributed by atoms with Gasteiger partial charge in [-0.2, -0.15) is 0 Å². The lowest BCUT2D eigenvalue weighted by Crippen LogP contribution is -2.42. The van der Waals surface area contributed by atoms with E-state index in [-0.39, 0.29) is 29.9 Å². The molecule has 0 unspecified atom stereocenters. The van der Waals surface area contributed by atoms with Crippen LogP contribution in [0.5, 0.6) is 0 Å². The number of ether oxygens (including phenoxy) is 1. The van der Waals surface area contributed by atoms with E-state index in [2.05, 4.69) is 4.98 Å². The number of rotatable bonds is 6. The van der Waals surface area contributed by atoms with Crippen molar-refractivity contribution in [3.63, 3.8) is 0 Å². The number of esters is 1. The van der Waals surface area contributed by atoms with Gasteiger partial charge in [0, 0.05) is 31.0 Å². The maximum absolute atomic E-state index is 14.2. The Bertz CT molecular complexity index is 1230. The van der Waals surface area contributed by atoms with Crippen LogP contribution in [-0.2, 0) is 20.9 Å². The number of piperidine rings is 1. The monoisotopic (exact) mass is 499 g/mol. The summed E-state index contributed by atoms with van der Waals surface area (Å²) in [7, 11) is 0. The van der Waals surface area contributed by atoms with E-state index in [0.717, 1.165) is 11.3 Å². The number of benzene rings is 2. The van der Waals surface area contributed by atoms with E-state index < -0.39 is 29.4 Å². The maximum atomic E-state index is 14.2. The lowest BCUT2D eigenvalue weighted by Gasteiger charge is -2.31. The van der Waals surface area contributed by atoms with Gasteiger partial charge in [0.15, 0.2) is 5.13 Å². The molecule has 2 amide bonds. The summed E-state index contributed by atoms with van der Waals surface area (Å²) in [6.07, 6.45) is 1.23. The molecule has 1 saturated heterocycles. The van der Waals surface area contributed by atoms with Gasteiger partial charge in [0.05, 0.1) is 17.3 Å². The van der Waals surface area contributed by atoms with Crippen LogP contribution in [0, 0.1) is 17.6 Å². The molecule has 0 saturated carbocycles. The minimum Gasteiger partial charge on any atom is -0.459 e. The molecule has 0 radical (unpaired) electrons. The predicted molar refractivity (Wildman–Crippen MR) is 126 cm³/mol. The summed E-state index contributed by atoms with van der Waals surface area (Å²) in [5, 5.41) is 1.91. The molecule has 0 bridgehead atoms. The summed E-state index contributed by atoms with van der Waals surface area (Å²) >= 11 is 1.14. The van der Waals surface area contributed by atoms with E-state index in [1.165, 1.54) is 54.3 Å². The summed E-state index contributed by atoms with van der Waals surface area (Å²) in [6.45, 7) is 1.92. The number of anilines is 2. The van der Waals surface area contributed by atoms with Crippen LogP contribution >= 0.6 is 11.3 Å². The van der Waals surface area contributed by atoms with Crippen LogP contribution in [0.2, 0.25) is 0 Å². The van der Waals surface area contributed by atoms with Gasteiger partial charge in [0.25, 0.3) is 5.91 Å². The second-order valence-electron chi connectivity index (χ2n) is 8.13. The molecule has 0 N–H and O–H groups in total. The number of hydrogen-bond acceptors (Lipinski definition) is 6. The molecule has 2 heterocycles. The van der Waals surface area contributed by atoms with Crippen molar-refractivity contribution in [1.29, 1.82) is 0 Å². The molecule has 2 aromatic carbocycles. The Balaban J connectivity index is 1.37. The first-order valence-corrected chi connectivity index (χ1v) is 11.9. The number of aromatic nitrogens is 1. The first-order chi connectivity index (χ1) is 16.8. The topological polar surface area (TPSA) is 79.8 Å². The fourth-order valence-corrected chi connectivity index (χ4v) is 4.76. The van der Waals surface area contributed by atoms with Gasteiger partial charge < -0.3 is 9.64 Å². The van der Waals surface area contributed by atoms with Crippen LogP contribution in [-0.4, -0.2) is 40.8 Å². The van der Waals surface area contributed by atoms with Crippen molar-refractivity contribution in [2.24, 2.45) is 5.92 Å². The Morgan fingerprint density at radius 2 is 1.89 bits per heavy atom. The number of carbonyl (C=O) groups excluding carboxylic acids is 3. The SMILES string of the molecule is CC(=O)N(c1nc(COC(=O)[C@@H]2CCCN(C(=O)c3ccc(F)cc3)C2)cs1)c1ccccc1F. The molecule has 35 heavy (non-hydrogen) atoms. The zero-order valence-corrected chi connectivity index (χ0v) is 19.8. The highest BCUT2D eigenvalue weighted by molar-refractivity contribution is 7.14. The fourth-order valence-electron chi connectivity index (χ4n) is 3.90. The summed E-state index contributed by atoms with van der Waals surface area (Å²) < 4.78 is 32.8. The number of hydrogen-bond donors (Lipinski definition) is 0. The van der Waals surface area contributed by atoms with E-state index in [1.54, 1.807) is 16.3 Å². The van der Waals surface area contributed by atoms with Crippen LogP contribution < -0.4 is 4.90 Å². The lowest BCUT2D eigenvalue weighted by molar-refractivity contribution is -0.151. The van der Waals surface area contributed by atoms with Gasteiger partial charge in [-0.25, -0.2) is 13.8 Å². The van der Waals surface area contributed by atoms with Gasteiger partial charge >= 0.3 is 5.97 Å². The molecule has 1 aliphatic heterocycles. The third kappa shape index (κ3) is 5.71. The second-order valence-corrected chi connectivity index (χ2v) is 8.97. The van der Waals surface area contributed by atoms with E-state index >= 15 is 0 Å². The van der Waals surface area contributed by atoms with Crippen molar-refractivity contribution in [3.05, 3.63) is 76.8 Å². The first-order valence-electron chi connectivity index (χ1n) is 11.0. The average Bonchev–Trinajstić information content (AvgIpc) is 3.32. The highest BCUT2D eigenvalue weighted by Gasteiger charge is 2.30. The van der Waals surface area contributed by atoms with E-state index in [4.69, 9.17) is 4.74 Å². The van der Waals surface area contributed by atoms with Crippen LogP contribution in [0.15, 0.2) is 53.9 Å². The van der Waals surface area contributed by atoms with Gasteiger partial charge in [0.1, 0.15) is 18.2 Å². The largest absolute Gasteiger partial charge is 0.459 e. The summed E-state index contributed by atoms with van der Waals surface area (Å²) in [6, 6.07) is 11.2. The summed E-state index contributed by atoms with van der Waals surface area (Å²) in [5.41, 5.74) is 0.877. The average molecular weight is 500 g/mol. The van der Waals surface area contributed by atoms with Crippen molar-refractivity contribution < 1.29 is 27.9 Å². The molecule has 3 aromatic rings. The highest BCUT2D eigenvalue weighted by atomic mass is 32.1. The van der Waals surface area contributed by atoms with Gasteiger partial charge in [-0.3, -0.25) is 19.3 Å². The molecule has 1 atom stereocenters. The lowest BCUT2D eigenvalue weighted by atomic mass is 9.97. The van der Waals surface area contributed by atoms with Crippen LogP contribution in [0.25, 0.3) is 0 Å². The number of nitrogens with zero attached hydrogens (tertiary/aromatic N) is 3. The quantitative estimate of drug-likeness (QED) is 0.460. The van der Waals surface area contributed by atoms with E-state index in [1.807, 2.05) is 0 Å². The molecule has 10 heteroatoms. The number of halogens is 2. The van der Waals surface area contributed by atoms with Gasteiger partial charge in [-0.1, -0.05) is 12.1 Å². The van der Waals surface area contributed by atoms with Gasteiger partial charge in [-0.15, -0.1) is 11.3 Å². The van der Waals surface area contributed by atoms with E-state index in [0.29, 0.717) is 30.6 Å². The molecule has 4 rings (SSSR count). The zero-order valence-electron chi connectivity index (χ0n) is 18.9. The van der Waals surface area contributed by atoms with Crippen molar-refractivity contribution >= 4 is 39.9 Å². The number of thiazole rings is 1. The van der Waals surface area contributed by atoms with Crippen molar-refractivity contribution in [2.75, 3.05) is 18.0 Å². The third-order valence-corrected chi connectivity index (χ3v) is 6.51. The molecule has 1 fully saturated rings. The summed E-state index contributed by atoms with van der Waals surface area (Å²) in [4.78, 5) is 44.7. The minimum atomic E-state index is -0.553. The zero-order chi connectivity index (χ0) is 24.9. The smallest absolute Gasteiger partial charge is 0.311 e. The van der Waals surface area contributed by atoms with Crippen molar-refractivity contribution in [2.45, 2.75) is 26.4 Å². The standard InChI is InChI=1S/C25H23F2N3O4S/c1-16(31)30(22-7-3-2-6-21(22)27)25-28-20(15-35-25)14-34-24(33)18-5-4-12-29(13-18)23(32)17-8-10-19(26)11-9-17/h2-3,6-11,15,18H,4-5,12-14H2,1H3/t18-/m1/s1. The highest BCUT2D eigenvalue weighted by Crippen LogP contribution is 2.31. The molecular weight excluding hydrogens is 476 g/mol. The van der Waals surface area contributed by atoms with Crippen LogP contribution in [0.3, 0.4) is 0 Å². The Kier molecular flexibility index (Phi) is 7.50. The van der Waals surface area contributed by atoms with Gasteiger partial charge in [-0.05, 0) is 49.2 Å². The Morgan fingerprint density at radius 1 is 1.14 bits per heavy atom. The molecule has 1 aliphatic rings. The number of likely N-dealkylation sites (tertiary alicyclic amines) is 1. The Morgan fingerprint density at radius 3 is 2.60 bits per heavy atom. The van der Waals surface area contributed by atoms with Crippen LogP contribution in [0.4, 0.5) is 19.6 Å². The second kappa shape index (κ2) is 10.7. The van der Waals surface area contributed by atoms with Gasteiger partial charge in [0.2, 0.25) is 5.91 Å². The normalized spacial score (nSPS) is 15.5. The maximum Gasteiger partial charge on any atom is 0.311 e. The Labute approximate surface area is 204 Å². The van der Waals surface area contributed by atoms with Crippen molar-refractivity contribution in [3.8, 4) is 0 Å². The molecule has 0 aliphatic carbocycles. The number of para-hydroxylation sites is 1. The van der Waals surface area contributed by atoms with E-state index in [9.17, 15) is 23.2 Å². The fraction of sp³-hybridized carbons (Fsp3) is 0.280. The predicted octanol–water partition coefficient (Wildman–Crippen LogP) is 4.70. The van der Waals surface area contributed by atoms with Crippen molar-refractivity contribution in [1.82, 2.24) is 9.88 Å². The molecule has 182 valence electrons. The molecular formula is C25H23F2N3O4S. The third-order valence-electron chi connectivity index (χ3n) is 5.63. The first kappa shape index (κ1) is 24.5. The molecule has 1 aromatic heterocycles.